The van der Waals surface area contributed by atoms with Crippen molar-refractivity contribution in [2.45, 2.75) is 71.3 Å². The molecule has 0 spiro atoms. The Balaban J connectivity index is 1.47. The van der Waals surface area contributed by atoms with Crippen molar-refractivity contribution in [2.75, 3.05) is 6.54 Å². The average Bonchev–Trinajstić information content (AvgIpc) is 3.45. The molecule has 2 aromatic heterocycles. The zero-order valence-corrected chi connectivity index (χ0v) is 19.1. The quantitative estimate of drug-likeness (QED) is 0.569. The maximum atomic E-state index is 13.5. The highest BCUT2D eigenvalue weighted by Crippen LogP contribution is 2.36. The molecule has 1 aliphatic heterocycles. The Hall–Kier alpha value is -2.96. The van der Waals surface area contributed by atoms with Gasteiger partial charge >= 0.3 is 0 Å². The summed E-state index contributed by atoms with van der Waals surface area (Å²) < 4.78 is 7.48. The molecule has 1 saturated heterocycles. The summed E-state index contributed by atoms with van der Waals surface area (Å²) in [5.41, 5.74) is 3.28. The number of benzene rings is 1. The van der Waals surface area contributed by atoms with E-state index in [1.807, 2.05) is 35.0 Å². The number of piperidine rings is 1. The minimum Gasteiger partial charge on any atom is -0.420 e. The summed E-state index contributed by atoms with van der Waals surface area (Å²) in [7, 11) is 0. The van der Waals surface area contributed by atoms with Crippen molar-refractivity contribution in [1.82, 2.24) is 24.9 Å². The Morgan fingerprint density at radius 3 is 2.69 bits per heavy atom. The molecule has 0 bridgehead atoms. The summed E-state index contributed by atoms with van der Waals surface area (Å²) in [6, 6.07) is 10.2. The number of rotatable bonds is 4. The number of carbonyl (C=O) groups excluding carboxylic acids is 1. The molecule has 2 atom stereocenters. The Morgan fingerprint density at radius 1 is 1.09 bits per heavy atom. The van der Waals surface area contributed by atoms with E-state index in [1.54, 1.807) is 6.92 Å². The molecular weight excluding hydrogens is 402 g/mol. The van der Waals surface area contributed by atoms with E-state index in [4.69, 9.17) is 9.52 Å². The van der Waals surface area contributed by atoms with Crippen molar-refractivity contribution in [2.24, 2.45) is 5.92 Å². The van der Waals surface area contributed by atoms with E-state index >= 15 is 0 Å². The van der Waals surface area contributed by atoms with Crippen molar-refractivity contribution in [1.29, 1.82) is 0 Å². The van der Waals surface area contributed by atoms with Gasteiger partial charge in [-0.3, -0.25) is 4.79 Å². The first-order valence-electron chi connectivity index (χ1n) is 11.8. The van der Waals surface area contributed by atoms with Gasteiger partial charge in [-0.25, -0.2) is 4.68 Å². The summed E-state index contributed by atoms with van der Waals surface area (Å²) in [6.07, 6.45) is 7.30. The standard InChI is InChI=1S/C25H31N5O2/c1-16(2)23-15-21(24-27-26-17(3)32-24)28-30(23)20-11-6-9-19(14-20)25(31)29-13-7-10-18-8-4-5-12-22(18)29/h6,9,11,14-16,18,22H,4-5,7-8,10,12-13H2,1-3H3/t18-,22+/m0/s1. The van der Waals surface area contributed by atoms with Gasteiger partial charge in [0.05, 0.1) is 5.69 Å². The summed E-state index contributed by atoms with van der Waals surface area (Å²) >= 11 is 0. The molecule has 0 N–H and O–H groups in total. The minimum absolute atomic E-state index is 0.148. The van der Waals surface area contributed by atoms with Crippen LogP contribution in [0.15, 0.2) is 34.7 Å². The molecule has 1 aromatic carbocycles. The second-order valence-electron chi connectivity index (χ2n) is 9.45. The maximum absolute atomic E-state index is 13.5. The van der Waals surface area contributed by atoms with Gasteiger partial charge in [-0.2, -0.15) is 5.10 Å². The zero-order valence-electron chi connectivity index (χ0n) is 19.1. The van der Waals surface area contributed by atoms with Crippen molar-refractivity contribution in [3.63, 3.8) is 0 Å². The van der Waals surface area contributed by atoms with Gasteiger partial charge in [-0.1, -0.05) is 32.8 Å². The molecule has 32 heavy (non-hydrogen) atoms. The zero-order chi connectivity index (χ0) is 22.2. The number of aromatic nitrogens is 4. The lowest BCUT2D eigenvalue weighted by atomic mass is 9.78. The lowest BCUT2D eigenvalue weighted by Crippen LogP contribution is -2.49. The van der Waals surface area contributed by atoms with Gasteiger partial charge in [-0.15, -0.1) is 10.2 Å². The molecule has 1 aliphatic carbocycles. The third kappa shape index (κ3) is 3.85. The van der Waals surface area contributed by atoms with Crippen LogP contribution in [-0.4, -0.2) is 43.4 Å². The highest BCUT2D eigenvalue weighted by atomic mass is 16.4. The van der Waals surface area contributed by atoms with E-state index in [-0.39, 0.29) is 11.8 Å². The van der Waals surface area contributed by atoms with Crippen molar-refractivity contribution in [3.8, 4) is 17.3 Å². The molecule has 3 heterocycles. The molecular formula is C25H31N5O2. The molecule has 1 saturated carbocycles. The van der Waals surface area contributed by atoms with Crippen molar-refractivity contribution >= 4 is 5.91 Å². The Bertz CT molecular complexity index is 1110. The highest BCUT2D eigenvalue weighted by Gasteiger charge is 2.36. The van der Waals surface area contributed by atoms with E-state index in [1.165, 1.54) is 25.7 Å². The molecule has 7 heteroatoms. The van der Waals surface area contributed by atoms with Crippen LogP contribution in [0.1, 0.15) is 80.2 Å². The summed E-state index contributed by atoms with van der Waals surface area (Å²) in [4.78, 5) is 15.7. The third-order valence-corrected chi connectivity index (χ3v) is 6.92. The largest absolute Gasteiger partial charge is 0.420 e. The van der Waals surface area contributed by atoms with Gasteiger partial charge in [-0.05, 0) is 61.8 Å². The Kier molecular flexibility index (Phi) is 5.57. The first kappa shape index (κ1) is 20.9. The number of fused-ring (bicyclic) bond motifs is 1. The summed E-state index contributed by atoms with van der Waals surface area (Å²) in [5.74, 6) is 1.98. The van der Waals surface area contributed by atoms with Gasteiger partial charge in [0.15, 0.2) is 0 Å². The van der Waals surface area contributed by atoms with Crippen LogP contribution in [0.25, 0.3) is 17.3 Å². The van der Waals surface area contributed by atoms with Gasteiger partial charge in [0.2, 0.25) is 5.89 Å². The predicted molar refractivity (Wildman–Crippen MR) is 122 cm³/mol. The fourth-order valence-electron chi connectivity index (χ4n) is 5.33. The van der Waals surface area contributed by atoms with Crippen molar-refractivity contribution < 1.29 is 9.21 Å². The van der Waals surface area contributed by atoms with E-state index < -0.39 is 0 Å². The van der Waals surface area contributed by atoms with E-state index in [2.05, 4.69) is 28.9 Å². The SMILES string of the molecule is Cc1nnc(-c2cc(C(C)C)n(-c3cccc(C(=O)N4CCC[C@@H]5CCCC[C@H]54)c3)n2)o1. The fraction of sp³-hybridized carbons (Fsp3) is 0.520. The lowest BCUT2D eigenvalue weighted by molar-refractivity contribution is 0.0390. The molecule has 3 aromatic rings. The van der Waals surface area contributed by atoms with Crippen LogP contribution in [0.5, 0.6) is 0 Å². The third-order valence-electron chi connectivity index (χ3n) is 6.92. The average molecular weight is 434 g/mol. The number of aryl methyl sites for hydroxylation is 1. The Labute approximate surface area is 188 Å². The maximum Gasteiger partial charge on any atom is 0.268 e. The molecule has 2 aliphatic rings. The number of hydrogen-bond acceptors (Lipinski definition) is 5. The van der Waals surface area contributed by atoms with Gasteiger partial charge in [0, 0.05) is 30.8 Å². The minimum atomic E-state index is 0.148. The number of nitrogens with zero attached hydrogens (tertiary/aromatic N) is 5. The number of hydrogen-bond donors (Lipinski definition) is 0. The smallest absolute Gasteiger partial charge is 0.268 e. The molecule has 2 fully saturated rings. The second kappa shape index (κ2) is 8.52. The first-order chi connectivity index (χ1) is 15.5. The molecule has 0 unspecified atom stereocenters. The van der Waals surface area contributed by atoms with Gasteiger partial charge < -0.3 is 9.32 Å². The number of amides is 1. The van der Waals surface area contributed by atoms with Crippen LogP contribution < -0.4 is 0 Å². The second-order valence-corrected chi connectivity index (χ2v) is 9.45. The summed E-state index contributed by atoms with van der Waals surface area (Å²) in [5, 5.41) is 12.8. The molecule has 0 radical (unpaired) electrons. The predicted octanol–water partition coefficient (Wildman–Crippen LogP) is 5.15. The Morgan fingerprint density at radius 2 is 1.91 bits per heavy atom. The van der Waals surface area contributed by atoms with Crippen LogP contribution in [0, 0.1) is 12.8 Å². The molecule has 7 nitrogen and oxygen atoms in total. The normalized spacial score (nSPS) is 21.1. The van der Waals surface area contributed by atoms with Crippen LogP contribution in [0.4, 0.5) is 0 Å². The van der Waals surface area contributed by atoms with Crippen LogP contribution in [0.2, 0.25) is 0 Å². The van der Waals surface area contributed by atoms with E-state index in [0.717, 1.165) is 36.3 Å². The fourth-order valence-corrected chi connectivity index (χ4v) is 5.33. The van der Waals surface area contributed by atoms with Gasteiger partial charge in [0.1, 0.15) is 5.69 Å². The number of carbonyl (C=O) groups is 1. The summed E-state index contributed by atoms with van der Waals surface area (Å²) in [6.45, 7) is 6.89. The molecule has 1 amide bonds. The topological polar surface area (TPSA) is 77.1 Å². The molecule has 168 valence electrons. The van der Waals surface area contributed by atoms with E-state index in [0.29, 0.717) is 29.4 Å². The highest BCUT2D eigenvalue weighted by molar-refractivity contribution is 5.95. The van der Waals surface area contributed by atoms with Crippen molar-refractivity contribution in [3.05, 3.63) is 47.5 Å². The van der Waals surface area contributed by atoms with E-state index in [9.17, 15) is 4.79 Å². The van der Waals surface area contributed by atoms with Gasteiger partial charge in [0.25, 0.3) is 11.8 Å². The molecule has 5 rings (SSSR count). The van der Waals surface area contributed by atoms with Crippen LogP contribution in [0.3, 0.4) is 0 Å². The van der Waals surface area contributed by atoms with Crippen LogP contribution in [-0.2, 0) is 0 Å². The lowest BCUT2D eigenvalue weighted by Gasteiger charge is -2.44. The number of likely N-dealkylation sites (tertiary alicyclic amines) is 1. The van der Waals surface area contributed by atoms with Crippen LogP contribution >= 0.6 is 0 Å². The first-order valence-corrected chi connectivity index (χ1v) is 11.8. The monoisotopic (exact) mass is 433 g/mol.